The molecule has 1 aromatic heterocycles. The summed E-state index contributed by atoms with van der Waals surface area (Å²) in [5.74, 6) is 0.333. The molecule has 0 amide bonds. The van der Waals surface area contributed by atoms with Gasteiger partial charge in [-0.3, -0.25) is 0 Å². The maximum absolute atomic E-state index is 11.4. The van der Waals surface area contributed by atoms with E-state index in [0.29, 0.717) is 17.9 Å². The van der Waals surface area contributed by atoms with Crippen molar-refractivity contribution in [1.29, 1.82) is 0 Å². The van der Waals surface area contributed by atoms with Gasteiger partial charge in [-0.1, -0.05) is 23.8 Å². The highest BCUT2D eigenvalue weighted by Crippen LogP contribution is 2.19. The van der Waals surface area contributed by atoms with Gasteiger partial charge in [0, 0.05) is 6.04 Å². The van der Waals surface area contributed by atoms with Gasteiger partial charge in [-0.25, -0.2) is 4.79 Å². The molecule has 2 rings (SSSR count). The summed E-state index contributed by atoms with van der Waals surface area (Å²) in [6.07, 6.45) is 1.42. The Labute approximate surface area is 125 Å². The molecule has 1 N–H and O–H groups in total. The van der Waals surface area contributed by atoms with Gasteiger partial charge >= 0.3 is 5.97 Å². The number of esters is 1. The number of ether oxygens (including phenoxy) is 1. The van der Waals surface area contributed by atoms with Crippen LogP contribution < -0.4 is 5.32 Å². The maximum Gasteiger partial charge on any atom is 0.341 e. The molecule has 0 spiro atoms. The minimum absolute atomic E-state index is 0.206. The van der Waals surface area contributed by atoms with Crippen molar-refractivity contribution in [3.8, 4) is 0 Å². The molecule has 112 valence electrons. The molecular weight excluding hydrogens is 266 g/mol. The van der Waals surface area contributed by atoms with Crippen LogP contribution in [-0.4, -0.2) is 13.1 Å². The normalized spacial score (nSPS) is 12.2. The van der Waals surface area contributed by atoms with Crippen LogP contribution in [0.25, 0.3) is 0 Å². The van der Waals surface area contributed by atoms with Crippen LogP contribution in [0, 0.1) is 13.8 Å². The number of aryl methyl sites for hydroxylation is 2. The van der Waals surface area contributed by atoms with Crippen LogP contribution in [-0.2, 0) is 11.3 Å². The fourth-order valence-corrected chi connectivity index (χ4v) is 2.37. The van der Waals surface area contributed by atoms with Crippen LogP contribution in [0.3, 0.4) is 0 Å². The molecule has 4 heteroatoms. The first-order chi connectivity index (χ1) is 10.0. The molecule has 0 saturated carbocycles. The topological polar surface area (TPSA) is 51.5 Å². The Hall–Kier alpha value is -2.07. The minimum Gasteiger partial charge on any atom is -0.467 e. The van der Waals surface area contributed by atoms with E-state index in [1.807, 2.05) is 0 Å². The molecule has 4 nitrogen and oxygen atoms in total. The summed E-state index contributed by atoms with van der Waals surface area (Å²) in [7, 11) is 1.36. The van der Waals surface area contributed by atoms with E-state index < -0.39 is 0 Å². The van der Waals surface area contributed by atoms with Crippen molar-refractivity contribution < 1.29 is 13.9 Å². The number of benzene rings is 1. The standard InChI is InChI=1S/C17H21NO3/c1-11-5-6-16(12(2)7-11)13(3)18-9-15-8-14(10-21-15)17(19)20-4/h5-8,10,13,18H,9H2,1-4H3. The maximum atomic E-state index is 11.4. The molecule has 0 aliphatic heterocycles. The molecule has 1 heterocycles. The lowest BCUT2D eigenvalue weighted by Crippen LogP contribution is -2.18. The second kappa shape index (κ2) is 6.59. The first-order valence-corrected chi connectivity index (χ1v) is 6.97. The van der Waals surface area contributed by atoms with Crippen LogP contribution in [0.2, 0.25) is 0 Å². The molecule has 2 aromatic rings. The summed E-state index contributed by atoms with van der Waals surface area (Å²) >= 11 is 0. The molecule has 1 atom stereocenters. The molecule has 0 bridgehead atoms. The monoisotopic (exact) mass is 287 g/mol. The van der Waals surface area contributed by atoms with Crippen molar-refractivity contribution in [3.63, 3.8) is 0 Å². The molecule has 0 aliphatic carbocycles. The zero-order valence-corrected chi connectivity index (χ0v) is 12.9. The number of rotatable bonds is 5. The van der Waals surface area contributed by atoms with Gasteiger partial charge in [0.05, 0.1) is 19.2 Å². The Balaban J connectivity index is 1.99. The second-order valence-corrected chi connectivity index (χ2v) is 5.26. The zero-order chi connectivity index (χ0) is 15.4. The number of methoxy groups -OCH3 is 1. The lowest BCUT2D eigenvalue weighted by molar-refractivity contribution is 0.0600. The van der Waals surface area contributed by atoms with Gasteiger partial charge in [-0.15, -0.1) is 0 Å². The lowest BCUT2D eigenvalue weighted by Gasteiger charge is -2.16. The van der Waals surface area contributed by atoms with Crippen LogP contribution in [0.1, 0.15) is 45.8 Å². The molecule has 0 saturated heterocycles. The number of furan rings is 1. The van der Waals surface area contributed by atoms with Gasteiger partial charge in [0.1, 0.15) is 12.0 Å². The Morgan fingerprint density at radius 3 is 2.76 bits per heavy atom. The Bertz CT molecular complexity index is 631. The Morgan fingerprint density at radius 2 is 2.10 bits per heavy atom. The number of hydrogen-bond donors (Lipinski definition) is 1. The van der Waals surface area contributed by atoms with Crippen LogP contribution in [0.4, 0.5) is 0 Å². The van der Waals surface area contributed by atoms with E-state index in [9.17, 15) is 4.79 Å². The van der Waals surface area contributed by atoms with Gasteiger partial charge in [0.15, 0.2) is 0 Å². The quantitative estimate of drug-likeness (QED) is 0.855. The smallest absolute Gasteiger partial charge is 0.341 e. The molecule has 0 aliphatic rings. The third-order valence-electron chi connectivity index (χ3n) is 3.55. The van der Waals surface area contributed by atoms with Crippen LogP contribution >= 0.6 is 0 Å². The average Bonchev–Trinajstić information content (AvgIpc) is 2.92. The predicted molar refractivity (Wildman–Crippen MR) is 81.2 cm³/mol. The predicted octanol–water partition coefficient (Wildman–Crippen LogP) is 3.53. The Morgan fingerprint density at radius 1 is 1.33 bits per heavy atom. The summed E-state index contributed by atoms with van der Waals surface area (Å²) in [4.78, 5) is 11.4. The largest absolute Gasteiger partial charge is 0.467 e. The number of nitrogens with one attached hydrogen (secondary N) is 1. The van der Waals surface area contributed by atoms with Crippen molar-refractivity contribution in [2.75, 3.05) is 7.11 Å². The molecule has 0 fully saturated rings. The van der Waals surface area contributed by atoms with E-state index in [1.165, 1.54) is 30.1 Å². The van der Waals surface area contributed by atoms with Crippen molar-refractivity contribution in [3.05, 3.63) is 58.5 Å². The molecule has 1 aromatic carbocycles. The van der Waals surface area contributed by atoms with Crippen molar-refractivity contribution in [2.24, 2.45) is 0 Å². The molecular formula is C17H21NO3. The first-order valence-electron chi connectivity index (χ1n) is 6.97. The highest BCUT2D eigenvalue weighted by molar-refractivity contribution is 5.88. The number of hydrogen-bond acceptors (Lipinski definition) is 4. The van der Waals surface area contributed by atoms with Gasteiger partial charge in [0.25, 0.3) is 0 Å². The SMILES string of the molecule is COC(=O)c1coc(CNC(C)c2ccc(C)cc2C)c1. The van der Waals surface area contributed by atoms with Gasteiger partial charge in [0.2, 0.25) is 0 Å². The minimum atomic E-state index is -0.382. The van der Waals surface area contributed by atoms with Gasteiger partial charge < -0.3 is 14.5 Å². The van der Waals surface area contributed by atoms with Crippen molar-refractivity contribution in [1.82, 2.24) is 5.32 Å². The molecule has 0 radical (unpaired) electrons. The van der Waals surface area contributed by atoms with E-state index in [2.05, 4.69) is 49.0 Å². The fraction of sp³-hybridized carbons (Fsp3) is 0.353. The van der Waals surface area contributed by atoms with Crippen LogP contribution in [0.5, 0.6) is 0 Å². The zero-order valence-electron chi connectivity index (χ0n) is 12.9. The summed E-state index contributed by atoms with van der Waals surface area (Å²) < 4.78 is 10.0. The summed E-state index contributed by atoms with van der Waals surface area (Å²) in [6, 6.07) is 8.34. The molecule has 21 heavy (non-hydrogen) atoms. The van der Waals surface area contributed by atoms with E-state index >= 15 is 0 Å². The average molecular weight is 287 g/mol. The second-order valence-electron chi connectivity index (χ2n) is 5.26. The summed E-state index contributed by atoms with van der Waals surface area (Å²) in [5.41, 5.74) is 4.23. The third kappa shape index (κ3) is 3.73. The van der Waals surface area contributed by atoms with Crippen molar-refractivity contribution in [2.45, 2.75) is 33.4 Å². The third-order valence-corrected chi connectivity index (χ3v) is 3.55. The summed E-state index contributed by atoms with van der Waals surface area (Å²) in [5, 5.41) is 3.40. The van der Waals surface area contributed by atoms with E-state index in [4.69, 9.17) is 4.42 Å². The molecule has 1 unspecified atom stereocenters. The highest BCUT2D eigenvalue weighted by Gasteiger charge is 2.12. The lowest BCUT2D eigenvalue weighted by atomic mass is 10.0. The van der Waals surface area contributed by atoms with E-state index in [0.717, 1.165) is 0 Å². The van der Waals surface area contributed by atoms with E-state index in [-0.39, 0.29) is 12.0 Å². The fourth-order valence-electron chi connectivity index (χ4n) is 2.37. The summed E-state index contributed by atoms with van der Waals surface area (Å²) in [6.45, 7) is 6.88. The Kier molecular flexibility index (Phi) is 4.81. The number of carbonyl (C=O) groups excluding carboxylic acids is 1. The highest BCUT2D eigenvalue weighted by atomic mass is 16.5. The van der Waals surface area contributed by atoms with Crippen LogP contribution in [0.15, 0.2) is 34.9 Å². The van der Waals surface area contributed by atoms with Crippen molar-refractivity contribution >= 4 is 5.97 Å². The van der Waals surface area contributed by atoms with E-state index in [1.54, 1.807) is 6.07 Å². The number of carbonyl (C=O) groups is 1. The first kappa shape index (κ1) is 15.3. The van der Waals surface area contributed by atoms with Gasteiger partial charge in [-0.05, 0) is 38.0 Å². The van der Waals surface area contributed by atoms with Gasteiger partial charge in [-0.2, -0.15) is 0 Å².